The van der Waals surface area contributed by atoms with Crippen LogP contribution in [0.3, 0.4) is 0 Å². The molecule has 0 aromatic carbocycles. The van der Waals surface area contributed by atoms with E-state index in [1.165, 1.54) is 5.56 Å². The Kier molecular flexibility index (Phi) is 4.67. The van der Waals surface area contributed by atoms with Crippen LogP contribution in [0.25, 0.3) is 11.0 Å². The van der Waals surface area contributed by atoms with Crippen molar-refractivity contribution in [2.45, 2.75) is 33.1 Å². The minimum absolute atomic E-state index is 0.403. The molecule has 0 bridgehead atoms. The van der Waals surface area contributed by atoms with E-state index in [4.69, 9.17) is 0 Å². The molecule has 0 aliphatic rings. The Morgan fingerprint density at radius 3 is 2.59 bits per heavy atom. The van der Waals surface area contributed by atoms with Gasteiger partial charge in [-0.3, -0.25) is 4.98 Å². The molecule has 4 rings (SSSR count). The molecule has 0 unspecified atom stereocenters. The number of halogens is 1. The van der Waals surface area contributed by atoms with Crippen molar-refractivity contribution < 1.29 is 4.39 Å². The monoisotopic (exact) mass is 360 g/mol. The average molecular weight is 360 g/mol. The second-order valence-electron chi connectivity index (χ2n) is 6.98. The molecule has 4 aromatic rings. The standard InChI is InChI=1S/C22H21FN4/c1-14-7-8-24-19(9-14)6-5-18-4-3-16(21(23)27-18)11-17-13-26-22-20(17)10-15(2)12-25-22/h3-4,7-10,12-13H,5-6,11H2,1-2H3,(H,25,26). The van der Waals surface area contributed by atoms with Crippen LogP contribution in [-0.4, -0.2) is 19.9 Å². The third kappa shape index (κ3) is 3.87. The quantitative estimate of drug-likeness (QED) is 0.534. The van der Waals surface area contributed by atoms with E-state index < -0.39 is 5.95 Å². The number of H-pyrrole nitrogens is 1. The Morgan fingerprint density at radius 1 is 0.926 bits per heavy atom. The number of aryl methyl sites for hydroxylation is 4. The Hall–Kier alpha value is -3.08. The van der Waals surface area contributed by atoms with Gasteiger partial charge in [0.15, 0.2) is 0 Å². The van der Waals surface area contributed by atoms with E-state index in [-0.39, 0.29) is 0 Å². The van der Waals surface area contributed by atoms with Gasteiger partial charge in [0.2, 0.25) is 5.95 Å². The number of aromatic nitrogens is 4. The van der Waals surface area contributed by atoms with Gasteiger partial charge in [0.25, 0.3) is 0 Å². The molecule has 0 spiro atoms. The number of fused-ring (bicyclic) bond motifs is 1. The van der Waals surface area contributed by atoms with Crippen LogP contribution in [0.2, 0.25) is 0 Å². The number of hydrogen-bond acceptors (Lipinski definition) is 3. The van der Waals surface area contributed by atoms with Gasteiger partial charge >= 0.3 is 0 Å². The van der Waals surface area contributed by atoms with Gasteiger partial charge in [0.1, 0.15) is 5.65 Å². The van der Waals surface area contributed by atoms with Crippen LogP contribution in [0.4, 0.5) is 4.39 Å². The smallest absolute Gasteiger partial charge is 0.216 e. The first-order valence-electron chi connectivity index (χ1n) is 9.07. The summed E-state index contributed by atoms with van der Waals surface area (Å²) < 4.78 is 14.6. The van der Waals surface area contributed by atoms with Gasteiger partial charge in [-0.1, -0.05) is 6.07 Å². The zero-order valence-corrected chi connectivity index (χ0v) is 15.5. The van der Waals surface area contributed by atoms with Crippen LogP contribution in [0.5, 0.6) is 0 Å². The van der Waals surface area contributed by atoms with Crippen molar-refractivity contribution in [1.82, 2.24) is 19.9 Å². The fraction of sp³-hybridized carbons (Fsp3) is 0.227. The largest absolute Gasteiger partial charge is 0.346 e. The van der Waals surface area contributed by atoms with E-state index >= 15 is 0 Å². The third-order valence-electron chi connectivity index (χ3n) is 4.73. The summed E-state index contributed by atoms with van der Waals surface area (Å²) in [6.45, 7) is 4.04. The summed E-state index contributed by atoms with van der Waals surface area (Å²) >= 11 is 0. The molecule has 136 valence electrons. The van der Waals surface area contributed by atoms with E-state index in [2.05, 4.69) is 32.1 Å². The van der Waals surface area contributed by atoms with Crippen LogP contribution >= 0.6 is 0 Å². The topological polar surface area (TPSA) is 54.5 Å². The summed E-state index contributed by atoms with van der Waals surface area (Å²) in [6.07, 6.45) is 7.43. The molecule has 4 heterocycles. The molecule has 1 N–H and O–H groups in total. The summed E-state index contributed by atoms with van der Waals surface area (Å²) in [4.78, 5) is 16.0. The molecule has 5 heteroatoms. The zero-order valence-electron chi connectivity index (χ0n) is 15.5. The van der Waals surface area contributed by atoms with Gasteiger partial charge in [-0.05, 0) is 67.6 Å². The maximum Gasteiger partial charge on any atom is 0.216 e. The zero-order chi connectivity index (χ0) is 18.8. The van der Waals surface area contributed by atoms with Crippen LogP contribution in [-0.2, 0) is 19.3 Å². The Morgan fingerprint density at radius 2 is 1.78 bits per heavy atom. The lowest BCUT2D eigenvalue weighted by atomic mass is 10.0. The lowest BCUT2D eigenvalue weighted by molar-refractivity contribution is 0.562. The fourth-order valence-electron chi connectivity index (χ4n) is 3.28. The predicted molar refractivity (Wildman–Crippen MR) is 104 cm³/mol. The molecule has 0 amide bonds. The number of aromatic amines is 1. The van der Waals surface area contributed by atoms with Gasteiger partial charge in [-0.2, -0.15) is 4.39 Å². The van der Waals surface area contributed by atoms with E-state index in [1.807, 2.05) is 44.4 Å². The SMILES string of the molecule is Cc1ccnc(CCc2ccc(Cc3c[nH]c4ncc(C)cc34)c(F)n2)c1. The van der Waals surface area contributed by atoms with Gasteiger partial charge in [-0.25, -0.2) is 9.97 Å². The molecule has 4 aromatic heterocycles. The van der Waals surface area contributed by atoms with E-state index in [0.717, 1.165) is 40.0 Å². The van der Waals surface area contributed by atoms with Gasteiger partial charge in [-0.15, -0.1) is 0 Å². The summed E-state index contributed by atoms with van der Waals surface area (Å²) in [5.74, 6) is -0.403. The average Bonchev–Trinajstić information content (AvgIpc) is 3.04. The maximum absolute atomic E-state index is 14.6. The number of nitrogens with zero attached hydrogens (tertiary/aromatic N) is 3. The van der Waals surface area contributed by atoms with Gasteiger partial charge in [0, 0.05) is 47.3 Å². The molecular formula is C22H21FN4. The van der Waals surface area contributed by atoms with Crippen LogP contribution in [0.1, 0.15) is 33.6 Å². The van der Waals surface area contributed by atoms with Gasteiger partial charge in [0.05, 0.1) is 0 Å². The molecule has 0 saturated heterocycles. The molecule has 0 aliphatic heterocycles. The molecular weight excluding hydrogens is 339 g/mol. The summed E-state index contributed by atoms with van der Waals surface area (Å²) in [6, 6.07) is 9.84. The molecule has 27 heavy (non-hydrogen) atoms. The van der Waals surface area contributed by atoms with Crippen LogP contribution in [0, 0.1) is 19.8 Å². The minimum Gasteiger partial charge on any atom is -0.346 e. The third-order valence-corrected chi connectivity index (χ3v) is 4.73. The van der Waals surface area contributed by atoms with Crippen LogP contribution in [0.15, 0.2) is 48.9 Å². The van der Waals surface area contributed by atoms with E-state index in [9.17, 15) is 4.39 Å². The summed E-state index contributed by atoms with van der Waals surface area (Å²) in [5.41, 5.74) is 6.46. The number of pyridine rings is 3. The minimum atomic E-state index is -0.403. The van der Waals surface area contributed by atoms with Crippen molar-refractivity contribution in [2.24, 2.45) is 0 Å². The first-order valence-corrected chi connectivity index (χ1v) is 9.07. The highest BCUT2D eigenvalue weighted by atomic mass is 19.1. The van der Waals surface area contributed by atoms with Gasteiger partial charge < -0.3 is 4.98 Å². The number of hydrogen-bond donors (Lipinski definition) is 1. The highest BCUT2D eigenvalue weighted by Gasteiger charge is 2.11. The number of nitrogens with one attached hydrogen (secondary N) is 1. The second kappa shape index (κ2) is 7.27. The molecule has 0 fully saturated rings. The normalized spacial score (nSPS) is 11.2. The van der Waals surface area contributed by atoms with Crippen molar-refractivity contribution in [1.29, 1.82) is 0 Å². The maximum atomic E-state index is 14.6. The highest BCUT2D eigenvalue weighted by molar-refractivity contribution is 5.80. The first kappa shape index (κ1) is 17.3. The Balaban J connectivity index is 1.50. The predicted octanol–water partition coefficient (Wildman–Crippen LogP) is 4.48. The fourth-order valence-corrected chi connectivity index (χ4v) is 3.28. The van der Waals surface area contributed by atoms with Crippen molar-refractivity contribution in [3.63, 3.8) is 0 Å². The van der Waals surface area contributed by atoms with Crippen molar-refractivity contribution >= 4 is 11.0 Å². The highest BCUT2D eigenvalue weighted by Crippen LogP contribution is 2.22. The van der Waals surface area contributed by atoms with Crippen molar-refractivity contribution in [3.05, 3.63) is 88.5 Å². The van der Waals surface area contributed by atoms with Crippen molar-refractivity contribution in [2.75, 3.05) is 0 Å². The van der Waals surface area contributed by atoms with E-state index in [0.29, 0.717) is 18.4 Å². The Bertz CT molecular complexity index is 1100. The van der Waals surface area contributed by atoms with Crippen molar-refractivity contribution in [3.8, 4) is 0 Å². The second-order valence-corrected chi connectivity index (χ2v) is 6.98. The lowest BCUT2D eigenvalue weighted by Gasteiger charge is -2.06. The summed E-state index contributed by atoms with van der Waals surface area (Å²) in [5, 5.41) is 1.03. The molecule has 4 nitrogen and oxygen atoms in total. The number of rotatable bonds is 5. The Labute approximate surface area is 157 Å². The molecule has 0 atom stereocenters. The summed E-state index contributed by atoms with van der Waals surface area (Å²) in [7, 11) is 0. The molecule has 0 aliphatic carbocycles. The molecule has 0 radical (unpaired) electrons. The van der Waals surface area contributed by atoms with Crippen LogP contribution < -0.4 is 0 Å². The lowest BCUT2D eigenvalue weighted by Crippen LogP contribution is -2.02. The molecule has 0 saturated carbocycles. The van der Waals surface area contributed by atoms with E-state index in [1.54, 1.807) is 6.20 Å². The first-order chi connectivity index (χ1) is 13.1.